The highest BCUT2D eigenvalue weighted by Crippen LogP contribution is 2.17. The Morgan fingerprint density at radius 1 is 1.38 bits per heavy atom. The Labute approximate surface area is 93.0 Å². The van der Waals surface area contributed by atoms with Crippen LogP contribution in [0.15, 0.2) is 24.5 Å². The van der Waals surface area contributed by atoms with Gasteiger partial charge in [0.05, 0.1) is 17.6 Å². The molecule has 0 unspecified atom stereocenters. The lowest BCUT2D eigenvalue weighted by atomic mass is 10.1. The van der Waals surface area contributed by atoms with Gasteiger partial charge in [-0.15, -0.1) is 0 Å². The normalized spacial score (nSPS) is 10.6. The van der Waals surface area contributed by atoms with Crippen molar-refractivity contribution in [2.75, 3.05) is 0 Å². The summed E-state index contributed by atoms with van der Waals surface area (Å²) in [5.41, 5.74) is 2.80. The topological polar surface area (TPSA) is 63.1 Å². The molecule has 16 heavy (non-hydrogen) atoms. The maximum Gasteiger partial charge on any atom is 0.303 e. The van der Waals surface area contributed by atoms with Gasteiger partial charge in [-0.2, -0.15) is 0 Å². The van der Waals surface area contributed by atoms with Crippen LogP contribution in [0.25, 0.3) is 10.9 Å². The van der Waals surface area contributed by atoms with E-state index in [4.69, 9.17) is 5.11 Å². The van der Waals surface area contributed by atoms with Crippen LogP contribution < -0.4 is 0 Å². The van der Waals surface area contributed by atoms with Gasteiger partial charge in [0.15, 0.2) is 0 Å². The van der Waals surface area contributed by atoms with Crippen molar-refractivity contribution in [3.63, 3.8) is 0 Å². The van der Waals surface area contributed by atoms with Crippen LogP contribution in [0.1, 0.15) is 17.7 Å². The highest BCUT2D eigenvalue weighted by Gasteiger charge is 2.05. The second kappa shape index (κ2) is 4.26. The molecule has 1 heterocycles. The number of carboxylic acid groups (broad SMARTS) is 1. The molecule has 2 aromatic rings. The van der Waals surface area contributed by atoms with Gasteiger partial charge in [0.2, 0.25) is 0 Å². The van der Waals surface area contributed by atoms with Crippen molar-refractivity contribution >= 4 is 16.9 Å². The first-order valence-corrected chi connectivity index (χ1v) is 5.09. The van der Waals surface area contributed by atoms with E-state index < -0.39 is 5.97 Å². The van der Waals surface area contributed by atoms with Gasteiger partial charge < -0.3 is 5.11 Å². The van der Waals surface area contributed by atoms with E-state index in [1.165, 1.54) is 6.33 Å². The Morgan fingerprint density at radius 3 is 2.94 bits per heavy atom. The van der Waals surface area contributed by atoms with E-state index in [0.29, 0.717) is 6.42 Å². The van der Waals surface area contributed by atoms with E-state index in [0.717, 1.165) is 22.2 Å². The van der Waals surface area contributed by atoms with E-state index in [1.807, 2.05) is 25.1 Å². The smallest absolute Gasteiger partial charge is 0.303 e. The number of hydrogen-bond acceptors (Lipinski definition) is 3. The van der Waals surface area contributed by atoms with Crippen molar-refractivity contribution in [1.29, 1.82) is 0 Å². The molecule has 4 nitrogen and oxygen atoms in total. The minimum Gasteiger partial charge on any atom is -0.481 e. The van der Waals surface area contributed by atoms with Crippen molar-refractivity contribution in [1.82, 2.24) is 9.97 Å². The highest BCUT2D eigenvalue weighted by atomic mass is 16.4. The molecule has 1 aromatic carbocycles. The Bertz CT molecular complexity index is 538. The average molecular weight is 216 g/mol. The van der Waals surface area contributed by atoms with Crippen LogP contribution in [0.2, 0.25) is 0 Å². The van der Waals surface area contributed by atoms with Gasteiger partial charge in [-0.1, -0.05) is 12.1 Å². The number of benzene rings is 1. The number of nitrogens with zero attached hydrogens (tertiary/aromatic N) is 2. The highest BCUT2D eigenvalue weighted by molar-refractivity contribution is 5.81. The van der Waals surface area contributed by atoms with Gasteiger partial charge in [-0.25, -0.2) is 9.97 Å². The van der Waals surface area contributed by atoms with Crippen LogP contribution in [0.4, 0.5) is 0 Å². The molecule has 0 atom stereocenters. The number of rotatable bonds is 3. The van der Waals surface area contributed by atoms with Crippen LogP contribution in [0.5, 0.6) is 0 Å². The molecule has 82 valence electrons. The van der Waals surface area contributed by atoms with E-state index in [9.17, 15) is 4.79 Å². The minimum absolute atomic E-state index is 0.0972. The fourth-order valence-corrected chi connectivity index (χ4v) is 1.65. The van der Waals surface area contributed by atoms with Crippen molar-refractivity contribution in [3.05, 3.63) is 35.8 Å². The van der Waals surface area contributed by atoms with E-state index in [-0.39, 0.29) is 6.42 Å². The number of aryl methyl sites for hydroxylation is 2. The van der Waals surface area contributed by atoms with E-state index >= 15 is 0 Å². The lowest BCUT2D eigenvalue weighted by Gasteiger charge is -2.04. The summed E-state index contributed by atoms with van der Waals surface area (Å²) >= 11 is 0. The zero-order chi connectivity index (χ0) is 11.5. The minimum atomic E-state index is -0.807. The summed E-state index contributed by atoms with van der Waals surface area (Å²) in [6.07, 6.45) is 2.02. The summed E-state index contributed by atoms with van der Waals surface area (Å²) in [5.74, 6) is -0.807. The lowest BCUT2D eigenvalue weighted by Crippen LogP contribution is -2.00. The first-order chi connectivity index (χ1) is 7.66. The molecule has 0 aliphatic rings. The SMILES string of the molecule is Cc1ccc2c(CCC(=O)O)ncnc2c1. The van der Waals surface area contributed by atoms with Crippen molar-refractivity contribution in [2.24, 2.45) is 0 Å². The molecule has 4 heteroatoms. The molecule has 0 saturated heterocycles. The summed E-state index contributed by atoms with van der Waals surface area (Å²) in [5, 5.41) is 9.59. The van der Waals surface area contributed by atoms with Crippen LogP contribution in [-0.2, 0) is 11.2 Å². The molecule has 0 amide bonds. The van der Waals surface area contributed by atoms with Crippen LogP contribution in [-0.4, -0.2) is 21.0 Å². The number of aliphatic carboxylic acids is 1. The average Bonchev–Trinajstić information content (AvgIpc) is 2.25. The molecule has 0 saturated carbocycles. The molecule has 0 radical (unpaired) electrons. The number of carboxylic acids is 1. The molecule has 0 aliphatic heterocycles. The molecular formula is C12H12N2O2. The molecule has 0 spiro atoms. The fraction of sp³-hybridized carbons (Fsp3) is 0.250. The third-order valence-electron chi connectivity index (χ3n) is 2.45. The first kappa shape index (κ1) is 10.5. The molecular weight excluding hydrogens is 204 g/mol. The second-order valence-electron chi connectivity index (χ2n) is 3.73. The Balaban J connectivity index is 2.41. The Hall–Kier alpha value is -1.97. The Kier molecular flexibility index (Phi) is 2.81. The zero-order valence-corrected chi connectivity index (χ0v) is 8.97. The molecule has 0 aliphatic carbocycles. The summed E-state index contributed by atoms with van der Waals surface area (Å²) in [6, 6.07) is 5.90. The number of carbonyl (C=O) groups is 1. The predicted molar refractivity (Wildman–Crippen MR) is 60.2 cm³/mol. The largest absolute Gasteiger partial charge is 0.481 e. The molecule has 1 N–H and O–H groups in total. The van der Waals surface area contributed by atoms with Crippen molar-refractivity contribution in [2.45, 2.75) is 19.8 Å². The molecule has 2 rings (SSSR count). The first-order valence-electron chi connectivity index (χ1n) is 5.09. The zero-order valence-electron chi connectivity index (χ0n) is 8.97. The summed E-state index contributed by atoms with van der Waals surface area (Å²) in [7, 11) is 0. The van der Waals surface area contributed by atoms with Crippen molar-refractivity contribution < 1.29 is 9.90 Å². The monoisotopic (exact) mass is 216 g/mol. The van der Waals surface area contributed by atoms with Gasteiger partial charge in [-0.05, 0) is 18.6 Å². The summed E-state index contributed by atoms with van der Waals surface area (Å²) < 4.78 is 0. The van der Waals surface area contributed by atoms with E-state index in [1.54, 1.807) is 0 Å². The van der Waals surface area contributed by atoms with Gasteiger partial charge in [0.25, 0.3) is 0 Å². The maximum atomic E-state index is 10.5. The number of hydrogen-bond donors (Lipinski definition) is 1. The fourth-order valence-electron chi connectivity index (χ4n) is 1.65. The van der Waals surface area contributed by atoms with Gasteiger partial charge in [0, 0.05) is 11.8 Å². The van der Waals surface area contributed by atoms with Crippen LogP contribution in [0, 0.1) is 6.92 Å². The van der Waals surface area contributed by atoms with Crippen molar-refractivity contribution in [3.8, 4) is 0 Å². The summed E-state index contributed by atoms with van der Waals surface area (Å²) in [4.78, 5) is 18.8. The standard InChI is InChI=1S/C12H12N2O2/c1-8-2-3-9-10(4-5-12(15)16)13-7-14-11(9)6-8/h2-3,6-7H,4-5H2,1H3,(H,15,16). The number of aromatic nitrogens is 2. The van der Waals surface area contributed by atoms with Gasteiger partial charge in [0.1, 0.15) is 6.33 Å². The van der Waals surface area contributed by atoms with Gasteiger partial charge in [-0.3, -0.25) is 4.79 Å². The predicted octanol–water partition coefficient (Wildman–Crippen LogP) is 1.96. The quantitative estimate of drug-likeness (QED) is 0.851. The van der Waals surface area contributed by atoms with Crippen LogP contribution >= 0.6 is 0 Å². The lowest BCUT2D eigenvalue weighted by molar-refractivity contribution is -0.136. The third kappa shape index (κ3) is 2.16. The maximum absolute atomic E-state index is 10.5. The Morgan fingerprint density at radius 2 is 2.19 bits per heavy atom. The molecule has 0 fully saturated rings. The van der Waals surface area contributed by atoms with E-state index in [2.05, 4.69) is 9.97 Å². The number of fused-ring (bicyclic) bond motifs is 1. The summed E-state index contributed by atoms with van der Waals surface area (Å²) in [6.45, 7) is 2.00. The van der Waals surface area contributed by atoms with Crippen LogP contribution in [0.3, 0.4) is 0 Å². The second-order valence-corrected chi connectivity index (χ2v) is 3.73. The molecule has 1 aromatic heterocycles. The molecule has 0 bridgehead atoms. The third-order valence-corrected chi connectivity index (χ3v) is 2.45. The van der Waals surface area contributed by atoms with Gasteiger partial charge >= 0.3 is 5.97 Å².